The maximum absolute atomic E-state index is 12.2. The van der Waals surface area contributed by atoms with Crippen molar-refractivity contribution in [3.05, 3.63) is 0 Å². The van der Waals surface area contributed by atoms with Crippen LogP contribution in [0.25, 0.3) is 0 Å². The molecule has 2 unspecified atom stereocenters. The van der Waals surface area contributed by atoms with Crippen LogP contribution in [-0.4, -0.2) is 91.9 Å². The van der Waals surface area contributed by atoms with Gasteiger partial charge in [-0.2, -0.15) is 12.7 Å². The number of nitrogens with zero attached hydrogens (tertiary/aromatic N) is 1. The Morgan fingerprint density at radius 2 is 1.73 bits per heavy atom. The molecule has 0 aromatic rings. The Labute approximate surface area is 177 Å². The number of amides is 2. The van der Waals surface area contributed by atoms with Crippen LogP contribution >= 0.6 is 0 Å². The van der Waals surface area contributed by atoms with Crippen molar-refractivity contribution in [1.82, 2.24) is 9.62 Å². The molecule has 0 aromatic carbocycles. The van der Waals surface area contributed by atoms with E-state index in [-0.39, 0.29) is 40.3 Å². The van der Waals surface area contributed by atoms with E-state index in [1.807, 2.05) is 0 Å². The van der Waals surface area contributed by atoms with Gasteiger partial charge in [-0.15, -0.1) is 0 Å². The molecule has 2 atom stereocenters. The molecule has 2 N–H and O–H groups in total. The predicted molar refractivity (Wildman–Crippen MR) is 99.9 cm³/mol. The second-order valence-electron chi connectivity index (χ2n) is 6.19. The van der Waals surface area contributed by atoms with Crippen LogP contribution in [0.2, 0.25) is 24.2 Å². The van der Waals surface area contributed by atoms with Gasteiger partial charge >= 0.3 is 45.8 Å². The SMILES string of the molecule is CC[Si](CC)(CC)CCC(=O)NC1C(=O)N(S(=O)(=O)O)C1C(=O)OC.[NaH]. The molecule has 0 aromatic heterocycles. The van der Waals surface area contributed by atoms with E-state index < -0.39 is 48.2 Å². The number of hydrogen-bond donors (Lipinski definition) is 2. The molecule has 0 saturated carbocycles. The summed E-state index contributed by atoms with van der Waals surface area (Å²) in [5.74, 6) is -2.51. The molecule has 1 saturated heterocycles. The molecule has 0 radical (unpaired) electrons. The number of methoxy groups -OCH3 is 1. The number of carbonyl (C=O) groups excluding carboxylic acids is 3. The summed E-state index contributed by atoms with van der Waals surface area (Å²) >= 11 is 0. The molecule has 12 heteroatoms. The molecule has 1 heterocycles. The summed E-state index contributed by atoms with van der Waals surface area (Å²) in [6, 6.07) is 0.990. The first-order chi connectivity index (χ1) is 11.6. The summed E-state index contributed by atoms with van der Waals surface area (Å²) in [5.41, 5.74) is 0. The van der Waals surface area contributed by atoms with Crippen molar-refractivity contribution >= 4 is 65.7 Å². The van der Waals surface area contributed by atoms with E-state index in [0.29, 0.717) is 0 Å². The molecular weight excluding hydrogens is 391 g/mol. The van der Waals surface area contributed by atoms with Crippen LogP contribution in [0, 0.1) is 0 Å². The van der Waals surface area contributed by atoms with E-state index in [1.165, 1.54) is 0 Å². The molecule has 1 aliphatic heterocycles. The van der Waals surface area contributed by atoms with Crippen molar-refractivity contribution in [2.24, 2.45) is 0 Å². The van der Waals surface area contributed by atoms with Gasteiger partial charge in [-0.3, -0.25) is 14.1 Å². The van der Waals surface area contributed by atoms with Gasteiger partial charge < -0.3 is 10.1 Å². The quantitative estimate of drug-likeness (QED) is 0.232. The van der Waals surface area contributed by atoms with E-state index >= 15 is 0 Å². The summed E-state index contributed by atoms with van der Waals surface area (Å²) in [6.07, 6.45) is 0.214. The van der Waals surface area contributed by atoms with Gasteiger partial charge in [0.15, 0.2) is 6.04 Å². The fourth-order valence-corrected chi connectivity index (χ4v) is 7.27. The summed E-state index contributed by atoms with van der Waals surface area (Å²) in [4.78, 5) is 35.8. The zero-order valence-corrected chi connectivity index (χ0v) is 16.8. The molecule has 2 amide bonds. The van der Waals surface area contributed by atoms with Gasteiger partial charge in [0.2, 0.25) is 5.91 Å². The van der Waals surface area contributed by atoms with E-state index in [9.17, 15) is 22.8 Å². The minimum absolute atomic E-state index is 0. The van der Waals surface area contributed by atoms with Crippen molar-refractivity contribution < 1.29 is 32.1 Å². The van der Waals surface area contributed by atoms with Crippen LogP contribution in [0.5, 0.6) is 0 Å². The van der Waals surface area contributed by atoms with Crippen molar-refractivity contribution in [1.29, 1.82) is 0 Å². The molecule has 9 nitrogen and oxygen atoms in total. The van der Waals surface area contributed by atoms with E-state index in [2.05, 4.69) is 30.8 Å². The standard InChI is InChI=1S/C14H26N2O7SSi.Na.H/c1-5-25(6-2,7-3)9-8-10(17)15-11-12(14(19)23-4)16(13(11)18)24(20,21)22;;/h11-12H,5-9H2,1-4H3,(H,15,17)(H,20,21,22);;. The van der Waals surface area contributed by atoms with Crippen LogP contribution in [-0.2, 0) is 29.4 Å². The summed E-state index contributed by atoms with van der Waals surface area (Å²) in [6.45, 7) is 6.34. The molecule has 1 aliphatic rings. The zero-order valence-electron chi connectivity index (χ0n) is 14.9. The molecule has 146 valence electrons. The fourth-order valence-electron chi connectivity index (χ4n) is 3.12. The average Bonchev–Trinajstić information content (AvgIpc) is 2.57. The van der Waals surface area contributed by atoms with Crippen molar-refractivity contribution in [3.63, 3.8) is 0 Å². The van der Waals surface area contributed by atoms with Crippen LogP contribution in [0.4, 0.5) is 0 Å². The van der Waals surface area contributed by atoms with Crippen molar-refractivity contribution in [3.8, 4) is 0 Å². The first-order valence-electron chi connectivity index (χ1n) is 8.24. The summed E-state index contributed by atoms with van der Waals surface area (Å²) < 4.78 is 35.9. The normalized spacial score (nSPS) is 20.0. The second kappa shape index (κ2) is 10.2. The van der Waals surface area contributed by atoms with Crippen LogP contribution in [0.15, 0.2) is 0 Å². The maximum atomic E-state index is 12.2. The molecule has 26 heavy (non-hydrogen) atoms. The molecular formula is C14H27N2NaO7SSi. The number of ether oxygens (including phenoxy) is 1. The Balaban J connectivity index is 0.00000625. The van der Waals surface area contributed by atoms with Crippen molar-refractivity contribution in [2.45, 2.75) is 63.5 Å². The number of carbonyl (C=O) groups is 3. The summed E-state index contributed by atoms with van der Waals surface area (Å²) in [5, 5.41) is 2.39. The van der Waals surface area contributed by atoms with Crippen LogP contribution in [0.3, 0.4) is 0 Å². The third kappa shape index (κ3) is 5.52. The van der Waals surface area contributed by atoms with Gasteiger partial charge in [0.1, 0.15) is 6.04 Å². The second-order valence-corrected chi connectivity index (χ2v) is 13.1. The van der Waals surface area contributed by atoms with E-state index in [0.717, 1.165) is 31.3 Å². The number of nitrogens with one attached hydrogen (secondary N) is 1. The first kappa shape index (κ1) is 25.5. The fraction of sp³-hybridized carbons (Fsp3) is 0.786. The third-order valence-corrected chi connectivity index (χ3v) is 11.9. The molecule has 1 rings (SSSR count). The zero-order chi connectivity index (χ0) is 19.4. The van der Waals surface area contributed by atoms with Gasteiger partial charge in [-0.1, -0.05) is 38.9 Å². The Hall–Kier alpha value is -0.463. The molecule has 1 fully saturated rings. The molecule has 0 bridgehead atoms. The number of rotatable bonds is 9. The molecule has 0 aliphatic carbocycles. The van der Waals surface area contributed by atoms with Crippen LogP contribution in [0.1, 0.15) is 27.2 Å². The number of β-lactam (4-membered cyclic amide) rings is 1. The summed E-state index contributed by atoms with van der Waals surface area (Å²) in [7, 11) is -5.39. The van der Waals surface area contributed by atoms with Gasteiger partial charge in [-0.05, 0) is 6.04 Å². The number of hydrogen-bond acceptors (Lipinski definition) is 6. The van der Waals surface area contributed by atoms with Gasteiger partial charge in [0, 0.05) is 6.42 Å². The topological polar surface area (TPSA) is 130 Å². The predicted octanol–water partition coefficient (Wildman–Crippen LogP) is -0.0921. The Kier molecular flexibility index (Phi) is 10.0. The van der Waals surface area contributed by atoms with Gasteiger partial charge in [0.05, 0.1) is 15.2 Å². The Morgan fingerprint density at radius 3 is 2.12 bits per heavy atom. The van der Waals surface area contributed by atoms with E-state index in [4.69, 9.17) is 4.55 Å². The minimum atomic E-state index is -4.90. The van der Waals surface area contributed by atoms with E-state index in [1.54, 1.807) is 0 Å². The third-order valence-electron chi connectivity index (χ3n) is 5.19. The first-order valence-corrected chi connectivity index (χ1v) is 12.5. The van der Waals surface area contributed by atoms with Gasteiger partial charge in [-0.25, -0.2) is 4.79 Å². The number of esters is 1. The Morgan fingerprint density at radius 1 is 1.23 bits per heavy atom. The molecule has 0 spiro atoms. The van der Waals surface area contributed by atoms with Crippen LogP contribution < -0.4 is 5.32 Å². The average molecular weight is 419 g/mol. The van der Waals surface area contributed by atoms with Gasteiger partial charge in [0.25, 0.3) is 5.91 Å². The van der Waals surface area contributed by atoms with Crippen molar-refractivity contribution in [2.75, 3.05) is 7.11 Å². The monoisotopic (exact) mass is 418 g/mol. The Bertz CT molecular complexity index is 631.